The molecule has 0 amide bonds. The van der Waals surface area contributed by atoms with E-state index in [-0.39, 0.29) is 0 Å². The Hall–Kier alpha value is -3.18. The van der Waals surface area contributed by atoms with Crippen LogP contribution >= 0.6 is 0 Å². The molecule has 1 saturated heterocycles. The van der Waals surface area contributed by atoms with Gasteiger partial charge in [0.15, 0.2) is 5.65 Å². The minimum Gasteiger partial charge on any atom is -0.323 e. The van der Waals surface area contributed by atoms with Gasteiger partial charge >= 0.3 is 0 Å². The van der Waals surface area contributed by atoms with E-state index < -0.39 is 0 Å². The Kier molecular flexibility index (Phi) is 5.67. The van der Waals surface area contributed by atoms with Crippen LogP contribution < -0.4 is 5.32 Å². The third kappa shape index (κ3) is 4.47. The predicted octanol–water partition coefficient (Wildman–Crippen LogP) is 5.48. The summed E-state index contributed by atoms with van der Waals surface area (Å²) in [5.74, 6) is 0.614. The number of likely N-dealkylation sites (tertiary alicyclic amines) is 1. The topological polar surface area (TPSA) is 45.5 Å². The summed E-state index contributed by atoms with van der Waals surface area (Å²) in [6.45, 7) is 5.90. The molecule has 2 aromatic carbocycles. The number of pyridine rings is 1. The molecule has 0 unspecified atom stereocenters. The van der Waals surface area contributed by atoms with Crippen molar-refractivity contribution in [1.29, 1.82) is 0 Å². The lowest BCUT2D eigenvalue weighted by Gasteiger charge is -2.14. The fourth-order valence-electron chi connectivity index (χ4n) is 4.42. The molecular weight excluding hydrogens is 382 g/mol. The number of benzene rings is 2. The second-order valence-corrected chi connectivity index (χ2v) is 8.41. The van der Waals surface area contributed by atoms with Gasteiger partial charge in [-0.25, -0.2) is 4.52 Å². The molecule has 2 aromatic heterocycles. The van der Waals surface area contributed by atoms with Crippen molar-refractivity contribution in [3.05, 3.63) is 77.9 Å². The molecule has 0 bridgehead atoms. The second kappa shape index (κ2) is 8.90. The maximum atomic E-state index is 4.73. The summed E-state index contributed by atoms with van der Waals surface area (Å²) < 4.78 is 1.91. The van der Waals surface area contributed by atoms with Crippen LogP contribution in [-0.2, 0) is 6.42 Å². The van der Waals surface area contributed by atoms with Crippen LogP contribution in [0.15, 0.2) is 66.7 Å². The average molecular weight is 412 g/mol. The summed E-state index contributed by atoms with van der Waals surface area (Å²) in [5.41, 5.74) is 6.67. The normalized spacial score (nSPS) is 14.4. The molecular formula is C26H29N5. The molecule has 158 valence electrons. The third-order valence-corrected chi connectivity index (χ3v) is 6.13. The Morgan fingerprint density at radius 2 is 1.71 bits per heavy atom. The van der Waals surface area contributed by atoms with E-state index >= 15 is 0 Å². The first-order chi connectivity index (χ1) is 15.3. The number of anilines is 2. The van der Waals surface area contributed by atoms with Gasteiger partial charge in [-0.15, -0.1) is 5.10 Å². The van der Waals surface area contributed by atoms with Crippen LogP contribution in [0.4, 0.5) is 11.6 Å². The van der Waals surface area contributed by atoms with Crippen molar-refractivity contribution >= 4 is 17.3 Å². The largest absolute Gasteiger partial charge is 0.323 e. The van der Waals surface area contributed by atoms with Gasteiger partial charge in [0.05, 0.1) is 5.69 Å². The van der Waals surface area contributed by atoms with Crippen molar-refractivity contribution in [3.63, 3.8) is 0 Å². The Balaban J connectivity index is 1.28. The van der Waals surface area contributed by atoms with Crippen molar-refractivity contribution in [3.8, 4) is 11.3 Å². The van der Waals surface area contributed by atoms with Crippen molar-refractivity contribution in [2.75, 3.05) is 25.0 Å². The highest BCUT2D eigenvalue weighted by Gasteiger charge is 2.12. The zero-order chi connectivity index (χ0) is 21.0. The van der Waals surface area contributed by atoms with Gasteiger partial charge in [-0.2, -0.15) is 4.98 Å². The zero-order valence-corrected chi connectivity index (χ0v) is 18.1. The van der Waals surface area contributed by atoms with Crippen molar-refractivity contribution < 1.29 is 0 Å². The fraction of sp³-hybridized carbons (Fsp3) is 0.308. The van der Waals surface area contributed by atoms with Crippen LogP contribution in [0.3, 0.4) is 0 Å². The maximum Gasteiger partial charge on any atom is 0.247 e. The summed E-state index contributed by atoms with van der Waals surface area (Å²) in [5, 5.41) is 8.09. The Morgan fingerprint density at radius 1 is 0.903 bits per heavy atom. The summed E-state index contributed by atoms with van der Waals surface area (Å²) in [6.07, 6.45) is 5.08. The Labute approximate surface area is 183 Å². The van der Waals surface area contributed by atoms with Crippen LogP contribution in [0, 0.1) is 6.92 Å². The third-order valence-electron chi connectivity index (χ3n) is 6.13. The number of rotatable bonds is 7. The standard InChI is InChI=1S/C26H29N5/c1-20-8-2-3-10-23(20)24-11-6-12-25-28-26(29-31(24)25)27-22-15-13-21(14-16-22)9-7-19-30-17-4-5-18-30/h2-3,6,8,10-16H,4-5,7,9,17-19H2,1H3,(H,27,29). The molecule has 5 rings (SSSR count). The molecule has 0 saturated carbocycles. The lowest BCUT2D eigenvalue weighted by atomic mass is 10.1. The second-order valence-electron chi connectivity index (χ2n) is 8.41. The van der Waals surface area contributed by atoms with E-state index in [0.717, 1.165) is 23.4 Å². The van der Waals surface area contributed by atoms with Crippen LogP contribution in [0.1, 0.15) is 30.4 Å². The molecule has 5 nitrogen and oxygen atoms in total. The molecule has 4 aromatic rings. The van der Waals surface area contributed by atoms with Crippen LogP contribution in [0.25, 0.3) is 16.9 Å². The molecule has 1 aliphatic heterocycles. The molecule has 0 atom stereocenters. The number of aromatic nitrogens is 3. The minimum absolute atomic E-state index is 0.614. The van der Waals surface area contributed by atoms with Gasteiger partial charge in [-0.05, 0) is 87.6 Å². The molecule has 0 aliphatic carbocycles. The first kappa shape index (κ1) is 19.8. The lowest BCUT2D eigenvalue weighted by Crippen LogP contribution is -2.20. The average Bonchev–Trinajstić information content (AvgIpc) is 3.45. The molecule has 1 aliphatic rings. The van der Waals surface area contributed by atoms with E-state index in [1.54, 1.807) is 0 Å². The summed E-state index contributed by atoms with van der Waals surface area (Å²) >= 11 is 0. The monoisotopic (exact) mass is 411 g/mol. The SMILES string of the molecule is Cc1ccccc1-c1cccc2nc(Nc3ccc(CCCN4CCCC4)cc3)nn12. The highest BCUT2D eigenvalue weighted by Crippen LogP contribution is 2.25. The smallest absolute Gasteiger partial charge is 0.247 e. The van der Waals surface area contributed by atoms with Gasteiger partial charge in [0, 0.05) is 11.3 Å². The number of nitrogens with one attached hydrogen (secondary N) is 1. The van der Waals surface area contributed by atoms with Gasteiger partial charge in [0.1, 0.15) is 0 Å². The summed E-state index contributed by atoms with van der Waals surface area (Å²) in [7, 11) is 0. The number of hydrogen-bond acceptors (Lipinski definition) is 4. The molecule has 31 heavy (non-hydrogen) atoms. The lowest BCUT2D eigenvalue weighted by molar-refractivity contribution is 0.334. The van der Waals surface area contributed by atoms with E-state index in [9.17, 15) is 0 Å². The molecule has 1 fully saturated rings. The van der Waals surface area contributed by atoms with Gasteiger partial charge in [0.2, 0.25) is 5.95 Å². The van der Waals surface area contributed by atoms with Crippen molar-refractivity contribution in [2.45, 2.75) is 32.6 Å². The molecule has 0 spiro atoms. The van der Waals surface area contributed by atoms with E-state index in [0.29, 0.717) is 5.95 Å². The fourth-order valence-corrected chi connectivity index (χ4v) is 4.42. The van der Waals surface area contributed by atoms with E-state index in [4.69, 9.17) is 5.10 Å². The summed E-state index contributed by atoms with van der Waals surface area (Å²) in [4.78, 5) is 7.25. The van der Waals surface area contributed by atoms with Gasteiger partial charge < -0.3 is 10.2 Å². The number of fused-ring (bicyclic) bond motifs is 1. The first-order valence-electron chi connectivity index (χ1n) is 11.3. The minimum atomic E-state index is 0.614. The predicted molar refractivity (Wildman–Crippen MR) is 127 cm³/mol. The zero-order valence-electron chi connectivity index (χ0n) is 18.1. The Bertz CT molecular complexity index is 1160. The van der Waals surface area contributed by atoms with Crippen molar-refractivity contribution in [1.82, 2.24) is 19.5 Å². The highest BCUT2D eigenvalue weighted by atomic mass is 15.4. The molecule has 0 radical (unpaired) electrons. The van der Waals surface area contributed by atoms with Gasteiger partial charge in [-0.3, -0.25) is 0 Å². The highest BCUT2D eigenvalue weighted by molar-refractivity contribution is 5.67. The maximum absolute atomic E-state index is 4.73. The number of hydrogen-bond donors (Lipinski definition) is 1. The van der Waals surface area contributed by atoms with E-state index in [1.165, 1.54) is 55.6 Å². The number of aryl methyl sites for hydroxylation is 2. The van der Waals surface area contributed by atoms with E-state index in [1.807, 2.05) is 16.6 Å². The summed E-state index contributed by atoms with van der Waals surface area (Å²) in [6, 6.07) is 23.1. The first-order valence-corrected chi connectivity index (χ1v) is 11.3. The van der Waals surface area contributed by atoms with Crippen molar-refractivity contribution in [2.24, 2.45) is 0 Å². The molecule has 3 heterocycles. The Morgan fingerprint density at radius 3 is 2.52 bits per heavy atom. The van der Waals surface area contributed by atoms with Gasteiger partial charge in [-0.1, -0.05) is 42.5 Å². The van der Waals surface area contributed by atoms with Crippen LogP contribution in [0.5, 0.6) is 0 Å². The quantitative estimate of drug-likeness (QED) is 0.438. The van der Waals surface area contributed by atoms with Crippen LogP contribution in [-0.4, -0.2) is 39.1 Å². The number of nitrogens with zero attached hydrogens (tertiary/aromatic N) is 4. The molecule has 5 heteroatoms. The van der Waals surface area contributed by atoms with E-state index in [2.05, 4.69) is 76.7 Å². The molecule has 1 N–H and O–H groups in total. The van der Waals surface area contributed by atoms with Crippen LogP contribution in [0.2, 0.25) is 0 Å². The van der Waals surface area contributed by atoms with Gasteiger partial charge in [0.25, 0.3) is 0 Å².